The van der Waals surface area contributed by atoms with Crippen LogP contribution in [0.1, 0.15) is 5.56 Å². The Kier molecular flexibility index (Phi) is 3.47. The van der Waals surface area contributed by atoms with Gasteiger partial charge in [0, 0.05) is 7.05 Å². The number of aromatic hydroxyl groups is 1. The van der Waals surface area contributed by atoms with E-state index in [9.17, 15) is 18.5 Å². The molecule has 6 nitrogen and oxygen atoms in total. The van der Waals surface area contributed by atoms with Crippen LogP contribution in [0.3, 0.4) is 0 Å². The lowest BCUT2D eigenvalue weighted by molar-refractivity contribution is 0.396. The number of nitroso groups, excluding NO2 is 1. The fourth-order valence-electron chi connectivity index (χ4n) is 1.67. The number of nitrogens with zero attached hydrogens (tertiary/aromatic N) is 2. The van der Waals surface area contributed by atoms with Gasteiger partial charge in [-0.3, -0.25) is 9.36 Å². The molecule has 0 saturated heterocycles. The van der Waals surface area contributed by atoms with Crippen molar-refractivity contribution in [2.75, 3.05) is 0 Å². The molecule has 0 aliphatic rings. The molecule has 0 aliphatic heterocycles. The Balaban J connectivity index is 2.69. The number of hydrogen-bond donors (Lipinski definition) is 2. The van der Waals surface area contributed by atoms with Crippen molar-refractivity contribution in [3.8, 4) is 5.75 Å². The molecule has 1 aromatic carbocycles. The van der Waals surface area contributed by atoms with E-state index in [1.54, 1.807) is 0 Å². The van der Waals surface area contributed by atoms with E-state index in [-0.39, 0.29) is 16.4 Å². The average molecular weight is 281 g/mol. The number of nitrogens with one attached hydrogen (secondary N) is 1. The lowest BCUT2D eigenvalue weighted by atomic mass is 10.2. The Morgan fingerprint density at radius 3 is 2.50 bits per heavy atom. The third kappa shape index (κ3) is 2.35. The van der Waals surface area contributed by atoms with Crippen molar-refractivity contribution >= 4 is 12.3 Å². The van der Waals surface area contributed by atoms with Gasteiger partial charge in [-0.25, -0.2) is 8.78 Å². The van der Waals surface area contributed by atoms with E-state index in [1.165, 1.54) is 13.1 Å². The van der Waals surface area contributed by atoms with E-state index in [0.717, 1.165) is 22.9 Å². The monoisotopic (exact) mass is 281 g/mol. The van der Waals surface area contributed by atoms with Crippen LogP contribution >= 0.6 is 0 Å². The summed E-state index contributed by atoms with van der Waals surface area (Å²) in [5.41, 5.74) is -0.299. The Bertz CT molecular complexity index is 829. The summed E-state index contributed by atoms with van der Waals surface area (Å²) in [7, 11) is 1.41. The predicted molar refractivity (Wildman–Crippen MR) is 67.1 cm³/mol. The van der Waals surface area contributed by atoms with Crippen LogP contribution in [0.25, 0.3) is 12.3 Å². The van der Waals surface area contributed by atoms with Crippen LogP contribution in [0.5, 0.6) is 5.75 Å². The third-order valence-corrected chi connectivity index (χ3v) is 2.68. The molecule has 0 radical (unpaired) electrons. The van der Waals surface area contributed by atoms with Gasteiger partial charge in [0.25, 0.3) is 5.56 Å². The van der Waals surface area contributed by atoms with Crippen molar-refractivity contribution in [3.05, 3.63) is 55.4 Å². The molecule has 2 aromatic rings. The first-order valence-electron chi connectivity index (χ1n) is 5.41. The maximum Gasteiger partial charge on any atom is 0.275 e. The van der Waals surface area contributed by atoms with Crippen molar-refractivity contribution in [3.63, 3.8) is 0 Å². The molecule has 2 rings (SSSR count). The maximum atomic E-state index is 13.2. The second-order valence-corrected chi connectivity index (χ2v) is 4.00. The molecule has 0 aliphatic carbocycles. The molecule has 0 spiro atoms. The summed E-state index contributed by atoms with van der Waals surface area (Å²) in [6, 6.07) is 1.75. The number of benzene rings is 1. The Morgan fingerprint density at radius 2 is 1.95 bits per heavy atom. The number of phenols is 1. The smallest absolute Gasteiger partial charge is 0.275 e. The summed E-state index contributed by atoms with van der Waals surface area (Å²) >= 11 is 0. The van der Waals surface area contributed by atoms with Crippen LogP contribution < -0.4 is 16.4 Å². The predicted octanol–water partition coefficient (Wildman–Crippen LogP) is 0.0304. The molecule has 0 saturated carbocycles. The second kappa shape index (κ2) is 5.08. The van der Waals surface area contributed by atoms with Crippen molar-refractivity contribution < 1.29 is 13.9 Å². The first kappa shape index (κ1) is 13.7. The van der Waals surface area contributed by atoms with E-state index in [1.807, 2.05) is 0 Å². The van der Waals surface area contributed by atoms with Crippen LogP contribution in [-0.4, -0.2) is 14.7 Å². The van der Waals surface area contributed by atoms with Gasteiger partial charge in [0.15, 0.2) is 17.4 Å². The van der Waals surface area contributed by atoms with Crippen LogP contribution in [0, 0.1) is 16.5 Å². The molecule has 0 amide bonds. The number of halogens is 2. The molecular formula is C12H9F2N3O3. The number of rotatable bonds is 2. The lowest BCUT2D eigenvalue weighted by Crippen LogP contribution is -2.28. The molecule has 1 heterocycles. The van der Waals surface area contributed by atoms with Gasteiger partial charge in [-0.15, -0.1) is 4.91 Å². The van der Waals surface area contributed by atoms with Crippen molar-refractivity contribution in [1.29, 1.82) is 0 Å². The molecule has 0 unspecified atom stereocenters. The zero-order chi connectivity index (χ0) is 14.9. The molecule has 0 bridgehead atoms. The van der Waals surface area contributed by atoms with E-state index >= 15 is 0 Å². The summed E-state index contributed by atoms with van der Waals surface area (Å²) in [5.74, 6) is -3.36. The second-order valence-electron chi connectivity index (χ2n) is 4.00. The van der Waals surface area contributed by atoms with Gasteiger partial charge in [-0.2, -0.15) is 0 Å². The van der Waals surface area contributed by atoms with Crippen LogP contribution in [-0.2, 0) is 7.05 Å². The Hall–Kier alpha value is -2.77. The highest BCUT2D eigenvalue weighted by Gasteiger charge is 2.08. The van der Waals surface area contributed by atoms with Crippen LogP contribution in [0.4, 0.5) is 8.78 Å². The van der Waals surface area contributed by atoms with Gasteiger partial charge in [0.2, 0.25) is 0 Å². The van der Waals surface area contributed by atoms with Gasteiger partial charge >= 0.3 is 0 Å². The number of phenolic OH excluding ortho intramolecular Hbond substituents is 1. The number of imidazole rings is 1. The number of H-pyrrole nitrogens is 1. The average Bonchev–Trinajstić information content (AvgIpc) is 2.65. The largest absolute Gasteiger partial charge is 0.503 e. The summed E-state index contributed by atoms with van der Waals surface area (Å²) < 4.78 is 27.5. The van der Waals surface area contributed by atoms with Gasteiger partial charge in [-0.05, 0) is 28.9 Å². The number of hydrogen-bond acceptors (Lipinski definition) is 4. The minimum absolute atomic E-state index is 0.0203. The third-order valence-electron chi connectivity index (χ3n) is 2.68. The minimum Gasteiger partial charge on any atom is -0.503 e. The molecule has 8 heteroatoms. The minimum atomic E-state index is -1.14. The molecule has 1 aromatic heterocycles. The van der Waals surface area contributed by atoms with Crippen molar-refractivity contribution in [2.45, 2.75) is 0 Å². The normalized spacial score (nSPS) is 12.9. The zero-order valence-corrected chi connectivity index (χ0v) is 10.2. The SMILES string of the molecule is Cn1c(=O)/c(=C\c2cc(F)c(O)c(F)c2)[nH]/c1=C/N=O. The molecule has 2 N–H and O–H groups in total. The number of aromatic amines is 1. The first-order valence-corrected chi connectivity index (χ1v) is 5.41. The van der Waals surface area contributed by atoms with Crippen LogP contribution in [0.2, 0.25) is 0 Å². The van der Waals surface area contributed by atoms with Gasteiger partial charge in [0.1, 0.15) is 17.0 Å². The molecule has 104 valence electrons. The summed E-state index contributed by atoms with van der Waals surface area (Å²) in [5, 5.41) is 11.5. The first-order chi connectivity index (χ1) is 9.43. The molecule has 0 fully saturated rings. The van der Waals surface area contributed by atoms with Gasteiger partial charge in [0.05, 0.1) is 0 Å². The summed E-state index contributed by atoms with van der Waals surface area (Å²) in [6.45, 7) is 0. The van der Waals surface area contributed by atoms with E-state index < -0.39 is 22.9 Å². The molecular weight excluding hydrogens is 272 g/mol. The van der Waals surface area contributed by atoms with E-state index in [2.05, 4.69) is 10.2 Å². The fourth-order valence-corrected chi connectivity index (χ4v) is 1.67. The highest BCUT2D eigenvalue weighted by atomic mass is 19.1. The summed E-state index contributed by atoms with van der Waals surface area (Å²) in [6.07, 6.45) is 2.09. The topological polar surface area (TPSA) is 87.4 Å². The fraction of sp³-hybridized carbons (Fsp3) is 0.0833. The van der Waals surface area contributed by atoms with Crippen molar-refractivity contribution in [1.82, 2.24) is 9.55 Å². The van der Waals surface area contributed by atoms with Gasteiger partial charge < -0.3 is 10.1 Å². The number of aromatic nitrogens is 2. The van der Waals surface area contributed by atoms with Crippen molar-refractivity contribution in [2.24, 2.45) is 12.2 Å². The summed E-state index contributed by atoms with van der Waals surface area (Å²) in [4.78, 5) is 24.6. The zero-order valence-electron chi connectivity index (χ0n) is 10.2. The lowest BCUT2D eigenvalue weighted by Gasteiger charge is -1.98. The molecule has 0 atom stereocenters. The maximum absolute atomic E-state index is 13.2. The van der Waals surface area contributed by atoms with E-state index in [4.69, 9.17) is 5.11 Å². The van der Waals surface area contributed by atoms with Crippen LogP contribution in [0.15, 0.2) is 22.1 Å². The molecule has 20 heavy (non-hydrogen) atoms. The highest BCUT2D eigenvalue weighted by molar-refractivity contribution is 5.50. The highest BCUT2D eigenvalue weighted by Crippen LogP contribution is 2.21. The van der Waals surface area contributed by atoms with Gasteiger partial charge in [-0.1, -0.05) is 0 Å². The van der Waals surface area contributed by atoms with E-state index in [0.29, 0.717) is 0 Å². The Labute approximate surface area is 110 Å². The standard InChI is InChI=1S/C12H9F2N3O3/c1-17-10(5-15-20)16-9(12(17)19)4-6-2-7(13)11(18)8(14)3-6/h2-5,16,18H,1H3/b9-4+,10-5-. The quantitative estimate of drug-likeness (QED) is 0.761. The Morgan fingerprint density at radius 1 is 1.35 bits per heavy atom.